The molecule has 0 aliphatic heterocycles. The van der Waals surface area contributed by atoms with Gasteiger partial charge in [-0.15, -0.1) is 0 Å². The minimum Gasteiger partial charge on any atom is -0.433 e. The van der Waals surface area contributed by atoms with Gasteiger partial charge in [-0.2, -0.15) is 8.78 Å². The first-order valence-electron chi connectivity index (χ1n) is 3.50. The van der Waals surface area contributed by atoms with Crippen molar-refractivity contribution in [3.8, 4) is 5.75 Å². The van der Waals surface area contributed by atoms with Crippen LogP contribution in [0.25, 0.3) is 0 Å². The Morgan fingerprint density at radius 1 is 1.40 bits per heavy atom. The van der Waals surface area contributed by atoms with E-state index in [0.717, 1.165) is 12.1 Å². The Morgan fingerprint density at radius 3 is 2.47 bits per heavy atom. The number of ether oxygens (including phenoxy) is 1. The Bertz CT molecular complexity index is 463. The minimum absolute atomic E-state index is 0.392. The van der Waals surface area contributed by atoms with Gasteiger partial charge in [0.1, 0.15) is 10.6 Å². The standard InChI is InChI=1S/C7H4BrClF2O3S/c8-4-1-2-5(14-7(10)11)6(3-4)15(9,12)13/h1-3,7H. The Kier molecular flexibility index (Phi) is 3.91. The summed E-state index contributed by atoms with van der Waals surface area (Å²) in [6.45, 7) is -3.11. The SMILES string of the molecule is O=S(=O)(Cl)c1cc(Br)ccc1OC(F)F. The molecule has 0 aliphatic rings. The third kappa shape index (κ3) is 3.58. The molecular formula is C7H4BrClF2O3S. The number of halogens is 4. The van der Waals surface area contributed by atoms with E-state index in [0.29, 0.717) is 4.47 Å². The molecule has 1 aromatic carbocycles. The van der Waals surface area contributed by atoms with Crippen molar-refractivity contribution < 1.29 is 21.9 Å². The average molecular weight is 322 g/mol. The summed E-state index contributed by atoms with van der Waals surface area (Å²) >= 11 is 2.99. The fraction of sp³-hybridized carbons (Fsp3) is 0.143. The van der Waals surface area contributed by atoms with Crippen molar-refractivity contribution in [3.05, 3.63) is 22.7 Å². The van der Waals surface area contributed by atoms with Crippen LogP contribution in [0.4, 0.5) is 8.78 Å². The molecule has 84 valence electrons. The van der Waals surface area contributed by atoms with E-state index in [-0.39, 0.29) is 0 Å². The van der Waals surface area contributed by atoms with Gasteiger partial charge in [0, 0.05) is 15.2 Å². The molecule has 0 aromatic heterocycles. The second-order valence-corrected chi connectivity index (χ2v) is 5.86. The van der Waals surface area contributed by atoms with Crippen LogP contribution in [0, 0.1) is 0 Å². The molecule has 15 heavy (non-hydrogen) atoms. The Labute approximate surface area is 97.5 Å². The summed E-state index contributed by atoms with van der Waals surface area (Å²) in [4.78, 5) is -0.501. The molecule has 8 heteroatoms. The lowest BCUT2D eigenvalue weighted by Gasteiger charge is -2.08. The van der Waals surface area contributed by atoms with Gasteiger partial charge in [-0.05, 0) is 18.2 Å². The van der Waals surface area contributed by atoms with Crippen LogP contribution in [0.3, 0.4) is 0 Å². The summed E-state index contributed by atoms with van der Waals surface area (Å²) in [7, 11) is 0.928. The van der Waals surface area contributed by atoms with Crippen LogP contribution in [0.2, 0.25) is 0 Å². The predicted octanol–water partition coefficient (Wildman–Crippen LogP) is 2.98. The highest BCUT2D eigenvalue weighted by atomic mass is 79.9. The molecule has 0 fully saturated rings. The van der Waals surface area contributed by atoms with Gasteiger partial charge in [0.05, 0.1) is 0 Å². The highest BCUT2D eigenvalue weighted by Gasteiger charge is 2.19. The molecule has 0 N–H and O–H groups in total. The summed E-state index contributed by atoms with van der Waals surface area (Å²) in [6.07, 6.45) is 0. The highest BCUT2D eigenvalue weighted by Crippen LogP contribution is 2.30. The first kappa shape index (κ1) is 12.7. The Hall–Kier alpha value is -0.400. The van der Waals surface area contributed by atoms with Gasteiger partial charge < -0.3 is 4.74 Å². The van der Waals surface area contributed by atoms with Gasteiger partial charge in [0.15, 0.2) is 0 Å². The lowest BCUT2D eigenvalue weighted by Crippen LogP contribution is -2.05. The zero-order valence-corrected chi connectivity index (χ0v) is 10.1. The topological polar surface area (TPSA) is 43.4 Å². The van der Waals surface area contributed by atoms with Crippen LogP contribution in [0.15, 0.2) is 27.6 Å². The molecule has 0 saturated heterocycles. The van der Waals surface area contributed by atoms with Crippen molar-refractivity contribution in [3.63, 3.8) is 0 Å². The van der Waals surface area contributed by atoms with E-state index < -0.39 is 26.3 Å². The van der Waals surface area contributed by atoms with Gasteiger partial charge in [0.2, 0.25) is 0 Å². The molecule has 0 saturated carbocycles. The van der Waals surface area contributed by atoms with E-state index in [1.165, 1.54) is 6.07 Å². The highest BCUT2D eigenvalue weighted by molar-refractivity contribution is 9.10. The molecule has 0 atom stereocenters. The molecule has 0 bridgehead atoms. The summed E-state index contributed by atoms with van der Waals surface area (Å²) in [5.74, 6) is -0.483. The minimum atomic E-state index is -4.12. The zero-order chi connectivity index (χ0) is 11.6. The van der Waals surface area contributed by atoms with Crippen LogP contribution in [0.5, 0.6) is 5.75 Å². The van der Waals surface area contributed by atoms with E-state index in [2.05, 4.69) is 20.7 Å². The number of hydrogen-bond acceptors (Lipinski definition) is 3. The molecule has 0 amide bonds. The van der Waals surface area contributed by atoms with Gasteiger partial charge in [-0.25, -0.2) is 8.42 Å². The first-order chi connectivity index (χ1) is 6.80. The van der Waals surface area contributed by atoms with Crippen molar-refractivity contribution >= 4 is 35.7 Å². The van der Waals surface area contributed by atoms with Crippen molar-refractivity contribution in [2.75, 3.05) is 0 Å². The molecule has 3 nitrogen and oxygen atoms in total. The maximum atomic E-state index is 11.9. The van der Waals surface area contributed by atoms with E-state index in [4.69, 9.17) is 10.7 Å². The summed E-state index contributed by atoms with van der Waals surface area (Å²) in [5, 5.41) is 0. The van der Waals surface area contributed by atoms with Gasteiger partial charge in [-0.1, -0.05) is 15.9 Å². The van der Waals surface area contributed by atoms with Gasteiger partial charge >= 0.3 is 6.61 Å². The lowest BCUT2D eigenvalue weighted by atomic mass is 10.3. The van der Waals surface area contributed by atoms with Crippen molar-refractivity contribution in [1.29, 1.82) is 0 Å². The third-order valence-electron chi connectivity index (χ3n) is 1.38. The maximum absolute atomic E-state index is 11.9. The third-order valence-corrected chi connectivity index (χ3v) is 3.22. The van der Waals surface area contributed by atoms with Gasteiger partial charge in [0.25, 0.3) is 9.05 Å². The van der Waals surface area contributed by atoms with Crippen molar-refractivity contribution in [2.24, 2.45) is 0 Å². The van der Waals surface area contributed by atoms with Gasteiger partial charge in [-0.3, -0.25) is 0 Å². The number of benzene rings is 1. The molecule has 1 rings (SSSR count). The summed E-state index contributed by atoms with van der Waals surface area (Å²) in [5.41, 5.74) is 0. The molecule has 0 radical (unpaired) electrons. The van der Waals surface area contributed by atoms with Crippen molar-refractivity contribution in [1.82, 2.24) is 0 Å². The Balaban J connectivity index is 3.27. The zero-order valence-electron chi connectivity index (χ0n) is 6.95. The molecule has 0 spiro atoms. The molecule has 0 heterocycles. The predicted molar refractivity (Wildman–Crippen MR) is 53.8 cm³/mol. The molecule has 0 unspecified atom stereocenters. The van der Waals surface area contributed by atoms with Crippen LogP contribution >= 0.6 is 26.6 Å². The van der Waals surface area contributed by atoms with E-state index in [9.17, 15) is 17.2 Å². The molecule has 1 aromatic rings. The second-order valence-electron chi connectivity index (χ2n) is 2.41. The van der Waals surface area contributed by atoms with Crippen LogP contribution < -0.4 is 4.74 Å². The summed E-state index contributed by atoms with van der Waals surface area (Å²) in [6, 6.07) is 3.54. The van der Waals surface area contributed by atoms with E-state index in [1.807, 2.05) is 0 Å². The van der Waals surface area contributed by atoms with E-state index in [1.54, 1.807) is 0 Å². The molecule has 0 aliphatic carbocycles. The van der Waals surface area contributed by atoms with E-state index >= 15 is 0 Å². The van der Waals surface area contributed by atoms with Crippen LogP contribution in [-0.4, -0.2) is 15.0 Å². The van der Waals surface area contributed by atoms with Crippen LogP contribution in [0.1, 0.15) is 0 Å². The second kappa shape index (κ2) is 4.63. The largest absolute Gasteiger partial charge is 0.433 e. The van der Waals surface area contributed by atoms with Crippen molar-refractivity contribution in [2.45, 2.75) is 11.5 Å². The monoisotopic (exact) mass is 320 g/mol. The smallest absolute Gasteiger partial charge is 0.387 e. The number of alkyl halides is 2. The number of rotatable bonds is 3. The molecular weight excluding hydrogens is 317 g/mol. The Morgan fingerprint density at radius 2 is 2.00 bits per heavy atom. The fourth-order valence-electron chi connectivity index (χ4n) is 0.866. The normalized spacial score (nSPS) is 11.8. The first-order valence-corrected chi connectivity index (χ1v) is 6.60. The fourth-order valence-corrected chi connectivity index (χ4v) is 2.36. The quantitative estimate of drug-likeness (QED) is 0.804. The lowest BCUT2D eigenvalue weighted by molar-refractivity contribution is -0.0517. The average Bonchev–Trinajstić information content (AvgIpc) is 2.05. The summed E-state index contributed by atoms with van der Waals surface area (Å²) < 4.78 is 50.3. The number of hydrogen-bond donors (Lipinski definition) is 0. The van der Waals surface area contributed by atoms with Crippen LogP contribution in [-0.2, 0) is 9.05 Å². The maximum Gasteiger partial charge on any atom is 0.387 e.